The molecule has 2 aromatic carbocycles. The lowest BCUT2D eigenvalue weighted by Crippen LogP contribution is -2.48. The molecule has 0 N–H and O–H groups in total. The standard InChI is InChI=1S/C28H26N6O3S2/c1-36-22-11-9-20(10-12-22)32-13-15-33(16-14-32)27(35)23-18-38-25(29-23)19-39-28-31-30-26(24-8-5-17-37-24)34(28)21-6-3-2-4-7-21/h2-12,17-18H,13-16,19H2,1H3. The van der Waals surface area contributed by atoms with Crippen molar-refractivity contribution in [3.05, 3.63) is 89.1 Å². The third-order valence-corrected chi connectivity index (χ3v) is 8.46. The number of ether oxygens (including phenoxy) is 1. The Hall–Kier alpha value is -4.09. The largest absolute Gasteiger partial charge is 0.497 e. The molecule has 0 unspecified atom stereocenters. The zero-order chi connectivity index (χ0) is 26.6. The van der Waals surface area contributed by atoms with E-state index in [-0.39, 0.29) is 5.91 Å². The number of methoxy groups -OCH3 is 1. The molecule has 1 aliphatic heterocycles. The summed E-state index contributed by atoms with van der Waals surface area (Å²) in [6.45, 7) is 2.86. The van der Waals surface area contributed by atoms with Crippen molar-refractivity contribution in [1.29, 1.82) is 0 Å². The number of amides is 1. The van der Waals surface area contributed by atoms with Crippen molar-refractivity contribution in [1.82, 2.24) is 24.6 Å². The minimum atomic E-state index is -0.0237. The van der Waals surface area contributed by atoms with E-state index in [0.29, 0.717) is 36.1 Å². The van der Waals surface area contributed by atoms with Crippen LogP contribution < -0.4 is 9.64 Å². The second-order valence-corrected chi connectivity index (χ2v) is 10.7. The van der Waals surface area contributed by atoms with Gasteiger partial charge in [0.15, 0.2) is 10.9 Å². The molecule has 0 atom stereocenters. The number of rotatable bonds is 8. The minimum Gasteiger partial charge on any atom is -0.497 e. The molecule has 3 aromatic heterocycles. The fraction of sp³-hybridized carbons (Fsp3) is 0.214. The van der Waals surface area contributed by atoms with Gasteiger partial charge in [-0.1, -0.05) is 30.0 Å². The SMILES string of the molecule is COc1ccc(N2CCN(C(=O)c3csc(CSc4nnc(-c5ccco5)n4-c4ccccc4)n3)CC2)cc1. The highest BCUT2D eigenvalue weighted by Gasteiger charge is 2.24. The fourth-order valence-corrected chi connectivity index (χ4v) is 6.20. The molecular weight excluding hydrogens is 532 g/mol. The lowest BCUT2D eigenvalue weighted by atomic mass is 10.2. The highest BCUT2D eigenvalue weighted by atomic mass is 32.2. The van der Waals surface area contributed by atoms with Gasteiger partial charge in [-0.2, -0.15) is 0 Å². The number of hydrogen-bond acceptors (Lipinski definition) is 9. The van der Waals surface area contributed by atoms with Crippen molar-refractivity contribution in [2.45, 2.75) is 10.9 Å². The van der Waals surface area contributed by atoms with Crippen LogP contribution in [-0.4, -0.2) is 63.8 Å². The molecular formula is C28H26N6O3S2. The summed E-state index contributed by atoms with van der Waals surface area (Å²) in [6, 6.07) is 21.7. The topological polar surface area (TPSA) is 89.5 Å². The lowest BCUT2D eigenvalue weighted by Gasteiger charge is -2.35. The molecule has 1 aliphatic rings. The van der Waals surface area contributed by atoms with E-state index in [0.717, 1.165) is 40.4 Å². The molecule has 9 nitrogen and oxygen atoms in total. The predicted octanol–water partition coefficient (Wildman–Crippen LogP) is 5.25. The predicted molar refractivity (Wildman–Crippen MR) is 152 cm³/mol. The first-order valence-corrected chi connectivity index (χ1v) is 14.4. The van der Waals surface area contributed by atoms with Gasteiger partial charge in [0, 0.05) is 42.9 Å². The maximum atomic E-state index is 13.2. The molecule has 198 valence electrons. The summed E-state index contributed by atoms with van der Waals surface area (Å²) in [5.74, 6) is 2.67. The molecule has 1 saturated heterocycles. The van der Waals surface area contributed by atoms with E-state index in [4.69, 9.17) is 9.15 Å². The summed E-state index contributed by atoms with van der Waals surface area (Å²) in [6.07, 6.45) is 1.62. The quantitative estimate of drug-likeness (QED) is 0.239. The van der Waals surface area contributed by atoms with Crippen molar-refractivity contribution in [3.63, 3.8) is 0 Å². The Morgan fingerprint density at radius 2 is 1.77 bits per heavy atom. The first-order valence-electron chi connectivity index (χ1n) is 12.5. The fourth-order valence-electron chi connectivity index (χ4n) is 4.46. The molecule has 1 amide bonds. The molecule has 0 radical (unpaired) electrons. The van der Waals surface area contributed by atoms with E-state index in [9.17, 15) is 4.79 Å². The van der Waals surface area contributed by atoms with Gasteiger partial charge in [0.05, 0.1) is 19.1 Å². The molecule has 5 aromatic rings. The summed E-state index contributed by atoms with van der Waals surface area (Å²) in [5, 5.41) is 12.3. The molecule has 6 rings (SSSR count). The second-order valence-electron chi connectivity index (χ2n) is 8.85. The summed E-state index contributed by atoms with van der Waals surface area (Å²) in [5.41, 5.74) is 2.57. The number of thioether (sulfide) groups is 1. The van der Waals surface area contributed by atoms with Crippen molar-refractivity contribution >= 4 is 34.7 Å². The number of para-hydroxylation sites is 1. The van der Waals surface area contributed by atoms with Crippen LogP contribution >= 0.6 is 23.1 Å². The van der Waals surface area contributed by atoms with Gasteiger partial charge in [-0.3, -0.25) is 9.36 Å². The van der Waals surface area contributed by atoms with Gasteiger partial charge < -0.3 is 19.0 Å². The van der Waals surface area contributed by atoms with Gasteiger partial charge >= 0.3 is 0 Å². The van der Waals surface area contributed by atoms with Gasteiger partial charge in [-0.25, -0.2) is 4.98 Å². The van der Waals surface area contributed by atoms with Crippen LogP contribution in [0.2, 0.25) is 0 Å². The van der Waals surface area contributed by atoms with Crippen LogP contribution in [0.3, 0.4) is 0 Å². The summed E-state index contributed by atoms with van der Waals surface area (Å²) < 4.78 is 12.8. The first-order chi connectivity index (χ1) is 19.2. The Morgan fingerprint density at radius 1 is 0.974 bits per heavy atom. The van der Waals surface area contributed by atoms with Crippen LogP contribution in [0, 0.1) is 0 Å². The molecule has 0 bridgehead atoms. The van der Waals surface area contributed by atoms with Crippen molar-refractivity contribution in [2.75, 3.05) is 38.2 Å². The van der Waals surface area contributed by atoms with Crippen LogP contribution in [-0.2, 0) is 5.75 Å². The van der Waals surface area contributed by atoms with E-state index in [1.807, 2.05) is 69.4 Å². The zero-order valence-corrected chi connectivity index (χ0v) is 22.9. The van der Waals surface area contributed by atoms with E-state index in [1.165, 1.54) is 23.1 Å². The van der Waals surface area contributed by atoms with E-state index in [1.54, 1.807) is 13.4 Å². The van der Waals surface area contributed by atoms with Crippen molar-refractivity contribution in [3.8, 4) is 23.0 Å². The monoisotopic (exact) mass is 558 g/mol. The number of benzene rings is 2. The van der Waals surface area contributed by atoms with Crippen LogP contribution in [0.25, 0.3) is 17.3 Å². The van der Waals surface area contributed by atoms with Crippen LogP contribution in [0.15, 0.2) is 87.9 Å². The van der Waals surface area contributed by atoms with Gasteiger partial charge in [-0.05, 0) is 48.5 Å². The Bertz CT molecular complexity index is 1530. The average Bonchev–Trinajstić information content (AvgIpc) is 3.77. The van der Waals surface area contributed by atoms with E-state index < -0.39 is 0 Å². The Kier molecular flexibility index (Phi) is 7.33. The number of aromatic nitrogens is 4. The Balaban J connectivity index is 1.10. The maximum absolute atomic E-state index is 13.2. The summed E-state index contributed by atoms with van der Waals surface area (Å²) >= 11 is 3.02. The highest BCUT2D eigenvalue weighted by Crippen LogP contribution is 2.31. The van der Waals surface area contributed by atoms with Gasteiger partial charge in [0.25, 0.3) is 5.91 Å². The number of hydrogen-bond donors (Lipinski definition) is 0. The van der Waals surface area contributed by atoms with Gasteiger partial charge in [0.1, 0.15) is 16.5 Å². The van der Waals surface area contributed by atoms with Crippen molar-refractivity contribution in [2.24, 2.45) is 0 Å². The number of thiazole rings is 1. The molecule has 0 spiro atoms. The normalized spacial score (nSPS) is 13.6. The number of piperazine rings is 1. The van der Waals surface area contributed by atoms with E-state index in [2.05, 4.69) is 32.2 Å². The zero-order valence-electron chi connectivity index (χ0n) is 21.3. The van der Waals surface area contributed by atoms with Gasteiger partial charge in [0.2, 0.25) is 5.82 Å². The number of carbonyl (C=O) groups is 1. The molecule has 0 saturated carbocycles. The Morgan fingerprint density at radius 3 is 2.49 bits per heavy atom. The Labute approximate surface area is 234 Å². The molecule has 1 fully saturated rings. The third kappa shape index (κ3) is 5.41. The number of nitrogens with zero attached hydrogens (tertiary/aromatic N) is 6. The first kappa shape index (κ1) is 25.2. The van der Waals surface area contributed by atoms with Gasteiger partial charge in [-0.15, -0.1) is 21.5 Å². The minimum absolute atomic E-state index is 0.0237. The third-order valence-electron chi connectivity index (χ3n) is 6.49. The molecule has 0 aliphatic carbocycles. The lowest BCUT2D eigenvalue weighted by molar-refractivity contribution is 0.0741. The van der Waals surface area contributed by atoms with Crippen molar-refractivity contribution < 1.29 is 13.9 Å². The summed E-state index contributed by atoms with van der Waals surface area (Å²) in [7, 11) is 1.66. The molecule has 4 heterocycles. The highest BCUT2D eigenvalue weighted by molar-refractivity contribution is 7.98. The second kappa shape index (κ2) is 11.3. The average molecular weight is 559 g/mol. The molecule has 39 heavy (non-hydrogen) atoms. The summed E-state index contributed by atoms with van der Waals surface area (Å²) in [4.78, 5) is 22.0. The number of anilines is 1. The van der Waals surface area contributed by atoms with Crippen LogP contribution in [0.5, 0.6) is 5.75 Å². The number of furan rings is 1. The number of carbonyl (C=O) groups excluding carboxylic acids is 1. The van der Waals surface area contributed by atoms with Crippen LogP contribution in [0.1, 0.15) is 15.5 Å². The van der Waals surface area contributed by atoms with E-state index >= 15 is 0 Å². The maximum Gasteiger partial charge on any atom is 0.273 e. The smallest absolute Gasteiger partial charge is 0.273 e. The molecule has 11 heteroatoms. The van der Waals surface area contributed by atoms with Crippen LogP contribution in [0.4, 0.5) is 5.69 Å².